The molecule has 0 saturated carbocycles. The lowest BCUT2D eigenvalue weighted by atomic mass is 9.96. The van der Waals surface area contributed by atoms with E-state index in [9.17, 15) is 65.7 Å². The molecule has 2 fully saturated rings. The Bertz CT molecular complexity index is 2120. The van der Waals surface area contributed by atoms with Gasteiger partial charge >= 0.3 is 26.8 Å². The number of nitrogens with one attached hydrogen (secondary N) is 1. The predicted octanol–water partition coefficient (Wildman–Crippen LogP) is 3.83. The summed E-state index contributed by atoms with van der Waals surface area (Å²) in [6.45, 7) is 7.18. The fourth-order valence-corrected chi connectivity index (χ4v) is 8.08. The molecule has 388 valence electrons. The Hall–Kier alpha value is -4.26. The summed E-state index contributed by atoms with van der Waals surface area (Å²) < 4.78 is 109. The van der Waals surface area contributed by atoms with Crippen LogP contribution >= 0.6 is 26.1 Å². The number of benzene rings is 1. The first-order chi connectivity index (χ1) is 31.6. The lowest BCUT2D eigenvalue weighted by Crippen LogP contribution is -2.52. The van der Waals surface area contributed by atoms with Gasteiger partial charge in [0.2, 0.25) is 11.8 Å². The molecular formula is C41H58ClF4N4O17P2+. The van der Waals surface area contributed by atoms with E-state index in [1.165, 1.54) is 6.92 Å². The van der Waals surface area contributed by atoms with Crippen LogP contribution in [0.2, 0.25) is 0 Å². The van der Waals surface area contributed by atoms with Crippen molar-refractivity contribution in [3.8, 4) is 5.75 Å². The Morgan fingerprint density at radius 1 is 0.841 bits per heavy atom. The number of alkyl halides is 4. The number of hydrogen-bond donors (Lipinski definition) is 5. The Morgan fingerprint density at radius 2 is 1.26 bits per heavy atom. The van der Waals surface area contributed by atoms with Crippen molar-refractivity contribution < 1.29 is 98.8 Å². The average Bonchev–Trinajstić information content (AvgIpc) is 3.53. The van der Waals surface area contributed by atoms with Gasteiger partial charge in [-0.1, -0.05) is 18.2 Å². The zero-order valence-corrected chi connectivity index (χ0v) is 41.5. The zero-order chi connectivity index (χ0) is 53.0. The van der Waals surface area contributed by atoms with Crippen LogP contribution < -0.4 is 15.3 Å². The summed E-state index contributed by atoms with van der Waals surface area (Å²) in [6, 6.07) is 7.15. The molecule has 0 radical (unpaired) electrons. The Labute approximate surface area is 400 Å². The van der Waals surface area contributed by atoms with Gasteiger partial charge in [0.05, 0.1) is 25.0 Å². The number of amides is 2. The summed E-state index contributed by atoms with van der Waals surface area (Å²) in [4.78, 5) is 69.1. The number of carbonyl (C=O) groups excluding carboxylic acids is 6. The van der Waals surface area contributed by atoms with Gasteiger partial charge in [-0.15, -0.1) is 4.52 Å². The third-order valence-electron chi connectivity index (χ3n) is 9.44. The minimum Gasteiger partial charge on any atom is -0.462 e. The number of esters is 2. The van der Waals surface area contributed by atoms with Crippen molar-refractivity contribution in [2.75, 3.05) is 19.9 Å². The monoisotopic (exact) mass is 1050 g/mol. The summed E-state index contributed by atoms with van der Waals surface area (Å²) in [5.74, 6) is -8.97. The minimum atomic E-state index is -3.65. The van der Waals surface area contributed by atoms with Gasteiger partial charge in [0, 0.05) is 23.6 Å². The van der Waals surface area contributed by atoms with Crippen molar-refractivity contribution in [1.29, 1.82) is 0 Å². The molecule has 1 aromatic rings. The molecule has 21 nitrogen and oxygen atoms in total. The number of nitrogens with two attached hydrogens (primary N) is 1. The topological polar surface area (TPSA) is 297 Å². The van der Waals surface area contributed by atoms with Gasteiger partial charge in [0.1, 0.15) is 24.4 Å². The molecule has 2 saturated heterocycles. The third-order valence-corrected chi connectivity index (χ3v) is 11.6. The lowest BCUT2D eigenvalue weighted by Gasteiger charge is -2.32. The van der Waals surface area contributed by atoms with Crippen molar-refractivity contribution in [1.82, 2.24) is 14.9 Å². The summed E-state index contributed by atoms with van der Waals surface area (Å²) in [7, 11) is -2.18. The van der Waals surface area contributed by atoms with E-state index in [0.717, 1.165) is 50.0 Å². The van der Waals surface area contributed by atoms with Crippen LogP contribution in [-0.4, -0.2) is 152 Å². The molecule has 5 rings (SSSR count). The average molecular weight is 1050 g/mol. The molecule has 12 atom stereocenters. The maximum atomic E-state index is 14.7. The molecule has 4 aliphatic rings. The summed E-state index contributed by atoms with van der Waals surface area (Å²) in [5, 5.41) is 30.7. The highest BCUT2D eigenvalue weighted by Crippen LogP contribution is 2.49. The van der Waals surface area contributed by atoms with E-state index in [4.69, 9.17) is 40.8 Å². The second-order valence-electron chi connectivity index (χ2n) is 16.5. The molecule has 0 spiro atoms. The molecule has 4 unspecified atom stereocenters. The number of carbonyl (C=O) groups is 6. The molecule has 69 heavy (non-hydrogen) atoms. The number of ketones is 2. The predicted molar refractivity (Wildman–Crippen MR) is 235 cm³/mol. The van der Waals surface area contributed by atoms with Crippen molar-refractivity contribution in [2.24, 2.45) is 5.73 Å². The Kier molecular flexibility index (Phi) is 22.2. The van der Waals surface area contributed by atoms with E-state index in [1.807, 2.05) is 0 Å². The Balaban J connectivity index is 0.000000327. The van der Waals surface area contributed by atoms with Gasteiger partial charge < -0.3 is 44.5 Å². The van der Waals surface area contributed by atoms with Gasteiger partial charge in [-0.3, -0.25) is 38.6 Å². The van der Waals surface area contributed by atoms with Gasteiger partial charge in [-0.05, 0) is 84.2 Å². The van der Waals surface area contributed by atoms with Crippen LogP contribution in [0.1, 0.15) is 68.2 Å². The lowest BCUT2D eigenvalue weighted by molar-refractivity contribution is -0.212. The first kappa shape index (κ1) is 60.9. The van der Waals surface area contributed by atoms with Crippen molar-refractivity contribution in [2.45, 2.75) is 140 Å². The maximum absolute atomic E-state index is 14.7. The molecule has 4 aliphatic heterocycles. The molecule has 0 bridgehead atoms. The van der Waals surface area contributed by atoms with E-state index in [0.29, 0.717) is 10.6 Å². The quantitative estimate of drug-likeness (QED) is 0.0765. The van der Waals surface area contributed by atoms with Crippen LogP contribution in [0.25, 0.3) is 0 Å². The normalized spacial score (nSPS) is 30.5. The van der Waals surface area contributed by atoms with Crippen molar-refractivity contribution >= 4 is 61.5 Å². The maximum Gasteiger partial charge on any atom is 0.505 e. The van der Waals surface area contributed by atoms with E-state index in [2.05, 4.69) is 14.3 Å². The number of para-hydroxylation sites is 1. The van der Waals surface area contributed by atoms with Crippen molar-refractivity contribution in [3.05, 3.63) is 54.9 Å². The molecule has 1 aromatic carbocycles. The number of aliphatic hydroxyl groups excluding tert-OH is 3. The second-order valence-corrected chi connectivity index (χ2v) is 20.4. The number of aliphatic hydroxyl groups is 3. The van der Waals surface area contributed by atoms with Crippen molar-refractivity contribution in [3.63, 3.8) is 0 Å². The number of hydrogen-bond acceptors (Lipinski definition) is 18. The van der Waals surface area contributed by atoms with Crippen LogP contribution in [0.5, 0.6) is 5.75 Å². The molecule has 0 aliphatic carbocycles. The molecular weight excluding hydrogens is 994 g/mol. The van der Waals surface area contributed by atoms with Crippen LogP contribution in [-0.2, 0) is 61.4 Å². The third kappa shape index (κ3) is 17.2. The van der Waals surface area contributed by atoms with E-state index < -0.39 is 130 Å². The van der Waals surface area contributed by atoms with E-state index in [-0.39, 0.29) is 18.2 Å². The van der Waals surface area contributed by atoms with Gasteiger partial charge in [-0.2, -0.15) is 0 Å². The zero-order valence-electron chi connectivity index (χ0n) is 39.0. The number of allylic oxidation sites excluding steroid dienone is 2. The SMILES string of the molecule is CC(C)OC(=O)[C@H](C)N.CC(C)OC(=O)[C@H](C)NP(=O)(Cl)Oc1ccccc1.C[C@]1(F)C(N2C=CC(=O)CC2=O)O[C@](F)(CO)[C@H]1O.C[P+](=O)OC[C@@]1(F)OC(N2C=CC(=O)CC2=O)[C@](C)(F)[C@@H]1O. The summed E-state index contributed by atoms with van der Waals surface area (Å²) >= 11 is 5.76. The second kappa shape index (κ2) is 25.2. The highest BCUT2D eigenvalue weighted by molar-refractivity contribution is 7.84. The number of halogens is 5. The highest BCUT2D eigenvalue weighted by Gasteiger charge is 2.67. The van der Waals surface area contributed by atoms with E-state index >= 15 is 0 Å². The molecule has 0 aromatic heterocycles. The fraction of sp³-hybridized carbons (Fsp3) is 0.610. The van der Waals surface area contributed by atoms with Gasteiger partial charge in [-0.25, -0.2) is 27.2 Å². The molecule has 4 heterocycles. The minimum absolute atomic E-state index is 0.0662. The van der Waals surface area contributed by atoms with Gasteiger partial charge in [0.25, 0.3) is 11.7 Å². The van der Waals surface area contributed by atoms with Crippen LogP contribution in [0.4, 0.5) is 17.6 Å². The molecule has 2 amide bonds. The molecule has 6 N–H and O–H groups in total. The number of rotatable bonds is 14. The van der Waals surface area contributed by atoms with Crippen LogP contribution in [0.15, 0.2) is 54.9 Å². The highest BCUT2D eigenvalue weighted by atomic mass is 35.7. The Morgan fingerprint density at radius 3 is 1.62 bits per heavy atom. The summed E-state index contributed by atoms with van der Waals surface area (Å²) in [6.07, 6.45) is -5.32. The number of nitrogens with zero attached hydrogens (tertiary/aromatic N) is 2. The molecule has 28 heteroatoms. The fourth-order valence-electron chi connectivity index (χ4n) is 6.03. The summed E-state index contributed by atoms with van der Waals surface area (Å²) in [5.41, 5.74) is -0.0723. The van der Waals surface area contributed by atoms with Gasteiger partial charge in [0.15, 0.2) is 60.8 Å². The largest absolute Gasteiger partial charge is 0.505 e. The van der Waals surface area contributed by atoms with Crippen LogP contribution in [0.3, 0.4) is 0 Å². The first-order valence-electron chi connectivity index (χ1n) is 20.8. The first-order valence-corrected chi connectivity index (χ1v) is 24.9. The smallest absolute Gasteiger partial charge is 0.462 e. The van der Waals surface area contributed by atoms with Crippen LogP contribution in [0, 0.1) is 0 Å². The number of ether oxygens (including phenoxy) is 4. The van der Waals surface area contributed by atoms with E-state index in [1.54, 1.807) is 65.0 Å². The standard InChI is InChI=1S/C12H17ClNO4P.C12H15F2NO6P.C11H13F2NO5.C6H13NO2/c1-9(2)17-12(15)10(3)14-19(13,16)18-11-7-5-4-6-8-11;1-11(13)9(18)12(14,6-20-22(2)19)21-10(11)15-4-3-7(16)5-8(15)17;1-10(12)8(18)11(13,5-15)19-9(10)14-3-2-6(16)4-7(14)17;1-4(2)9-6(8)5(3)7/h4-10H,1-3H3,(H,14,16);3-4,9-10,18H,5-6H2,1-2H3;2-3,8-9,15,18H,4-5H2,1H3;4-5H,7H2,1-3H3/q;+1;;/t10-,19?;9-,10?,11+,12+;8-,9?,10+,11+;5-/m0000/s1.